The van der Waals surface area contributed by atoms with Crippen molar-refractivity contribution in [1.29, 1.82) is 0 Å². The summed E-state index contributed by atoms with van der Waals surface area (Å²) < 4.78 is 5.19. The quantitative estimate of drug-likeness (QED) is 0.704. The molecule has 0 aromatic carbocycles. The summed E-state index contributed by atoms with van der Waals surface area (Å²) in [6.45, 7) is 3.72. The first kappa shape index (κ1) is 14.0. The van der Waals surface area contributed by atoms with E-state index >= 15 is 0 Å². The van der Waals surface area contributed by atoms with Crippen LogP contribution in [0.4, 0.5) is 4.79 Å². The van der Waals surface area contributed by atoms with Gasteiger partial charge in [-0.2, -0.15) is 0 Å². The highest BCUT2D eigenvalue weighted by Gasteiger charge is 2.09. The molecule has 0 spiro atoms. The van der Waals surface area contributed by atoms with Crippen LogP contribution in [0.1, 0.15) is 31.4 Å². The van der Waals surface area contributed by atoms with Crippen molar-refractivity contribution < 1.29 is 19.1 Å². The number of nitrogens with zero attached hydrogens (tertiary/aromatic N) is 1. The molecule has 2 amide bonds. The molecule has 0 aliphatic rings. The van der Waals surface area contributed by atoms with E-state index in [0.29, 0.717) is 18.1 Å². The van der Waals surface area contributed by atoms with Crippen molar-refractivity contribution in [2.75, 3.05) is 0 Å². The van der Waals surface area contributed by atoms with E-state index in [9.17, 15) is 9.59 Å². The molecule has 1 unspecified atom stereocenters. The number of aromatic nitrogens is 1. The first-order valence-corrected chi connectivity index (χ1v) is 5.65. The van der Waals surface area contributed by atoms with Gasteiger partial charge < -0.3 is 20.2 Å². The number of carbonyl (C=O) groups is 2. The molecule has 100 valence electrons. The van der Waals surface area contributed by atoms with Gasteiger partial charge in [0.05, 0.1) is 12.7 Å². The zero-order valence-corrected chi connectivity index (χ0v) is 10.4. The number of aryl methyl sites for hydroxylation is 1. The molecular formula is C11H17N3O4. The summed E-state index contributed by atoms with van der Waals surface area (Å²) in [6.07, 6.45) is 1.99. The molecule has 3 N–H and O–H groups in total. The Bertz CT molecular complexity index is 416. The lowest BCUT2D eigenvalue weighted by Gasteiger charge is -2.12. The minimum absolute atomic E-state index is 0.0282. The third-order valence-electron chi connectivity index (χ3n) is 2.24. The highest BCUT2D eigenvalue weighted by Crippen LogP contribution is 2.00. The molecule has 18 heavy (non-hydrogen) atoms. The van der Waals surface area contributed by atoms with Crippen LogP contribution in [0, 0.1) is 6.92 Å². The molecule has 0 fully saturated rings. The van der Waals surface area contributed by atoms with Gasteiger partial charge in [-0.3, -0.25) is 4.79 Å². The van der Waals surface area contributed by atoms with E-state index in [4.69, 9.17) is 9.52 Å². The van der Waals surface area contributed by atoms with Gasteiger partial charge in [-0.15, -0.1) is 0 Å². The van der Waals surface area contributed by atoms with Gasteiger partial charge in [0.25, 0.3) is 0 Å². The summed E-state index contributed by atoms with van der Waals surface area (Å²) >= 11 is 0. The van der Waals surface area contributed by atoms with Gasteiger partial charge in [-0.1, -0.05) is 0 Å². The zero-order valence-electron chi connectivity index (χ0n) is 10.4. The fourth-order valence-corrected chi connectivity index (χ4v) is 1.33. The molecule has 0 bridgehead atoms. The number of carboxylic acids is 1. The Morgan fingerprint density at radius 3 is 2.83 bits per heavy atom. The Labute approximate surface area is 105 Å². The molecule has 1 atom stereocenters. The van der Waals surface area contributed by atoms with Crippen LogP contribution in [0.2, 0.25) is 0 Å². The highest BCUT2D eigenvalue weighted by molar-refractivity contribution is 5.74. The Morgan fingerprint density at radius 1 is 1.56 bits per heavy atom. The maximum absolute atomic E-state index is 11.4. The maximum Gasteiger partial charge on any atom is 0.315 e. The van der Waals surface area contributed by atoms with Gasteiger partial charge in [-0.05, 0) is 20.3 Å². The molecule has 0 aliphatic carbocycles. The standard InChI is InChI=1S/C11H17N3O4/c1-7(3-4-10(15)16)14-11(17)13-6-9-12-5-8(2)18-9/h5,7H,3-4,6H2,1-2H3,(H,15,16)(H2,13,14,17). The average molecular weight is 255 g/mol. The van der Waals surface area contributed by atoms with Crippen LogP contribution in [-0.4, -0.2) is 28.1 Å². The van der Waals surface area contributed by atoms with Crippen LogP contribution in [-0.2, 0) is 11.3 Å². The van der Waals surface area contributed by atoms with E-state index in [2.05, 4.69) is 15.6 Å². The topological polar surface area (TPSA) is 104 Å². The van der Waals surface area contributed by atoms with Crippen molar-refractivity contribution in [1.82, 2.24) is 15.6 Å². The normalized spacial score (nSPS) is 11.9. The molecule has 0 saturated heterocycles. The number of aliphatic carboxylic acids is 1. The molecule has 0 aliphatic heterocycles. The Morgan fingerprint density at radius 2 is 2.28 bits per heavy atom. The van der Waals surface area contributed by atoms with Crippen LogP contribution in [0.25, 0.3) is 0 Å². The molecule has 1 aromatic rings. The monoisotopic (exact) mass is 255 g/mol. The fraction of sp³-hybridized carbons (Fsp3) is 0.545. The van der Waals surface area contributed by atoms with Crippen molar-refractivity contribution in [3.8, 4) is 0 Å². The summed E-state index contributed by atoms with van der Waals surface area (Å²) in [5.41, 5.74) is 0. The third-order valence-corrected chi connectivity index (χ3v) is 2.24. The number of amides is 2. The van der Waals surface area contributed by atoms with Crippen molar-refractivity contribution in [3.63, 3.8) is 0 Å². The summed E-state index contributed by atoms with van der Waals surface area (Å²) in [4.78, 5) is 25.7. The summed E-state index contributed by atoms with van der Waals surface area (Å²) in [6, 6.07) is -0.573. The lowest BCUT2D eigenvalue weighted by molar-refractivity contribution is -0.137. The second-order valence-corrected chi connectivity index (χ2v) is 4.03. The van der Waals surface area contributed by atoms with Gasteiger partial charge in [0.1, 0.15) is 5.76 Å². The number of hydrogen-bond donors (Lipinski definition) is 3. The highest BCUT2D eigenvalue weighted by atomic mass is 16.4. The Kier molecular flexibility index (Phi) is 5.16. The minimum atomic E-state index is -0.876. The van der Waals surface area contributed by atoms with Crippen LogP contribution in [0.3, 0.4) is 0 Å². The van der Waals surface area contributed by atoms with Crippen LogP contribution in [0.5, 0.6) is 0 Å². The SMILES string of the molecule is Cc1cnc(CNC(=O)NC(C)CCC(=O)O)o1. The molecule has 7 nitrogen and oxygen atoms in total. The molecule has 0 saturated carbocycles. The predicted molar refractivity (Wildman–Crippen MR) is 62.9 cm³/mol. The van der Waals surface area contributed by atoms with E-state index in [1.807, 2.05) is 0 Å². The van der Waals surface area contributed by atoms with Crippen LogP contribution >= 0.6 is 0 Å². The van der Waals surface area contributed by atoms with Gasteiger partial charge in [-0.25, -0.2) is 9.78 Å². The summed E-state index contributed by atoms with van der Waals surface area (Å²) in [7, 11) is 0. The van der Waals surface area contributed by atoms with Crippen molar-refractivity contribution in [2.24, 2.45) is 0 Å². The zero-order chi connectivity index (χ0) is 13.5. The van der Waals surface area contributed by atoms with Crippen LogP contribution < -0.4 is 10.6 Å². The predicted octanol–water partition coefficient (Wildman–Crippen LogP) is 1.04. The van der Waals surface area contributed by atoms with E-state index in [0.717, 1.165) is 0 Å². The van der Waals surface area contributed by atoms with Crippen LogP contribution in [0.15, 0.2) is 10.6 Å². The average Bonchev–Trinajstić information content (AvgIpc) is 2.70. The van der Waals surface area contributed by atoms with E-state index in [1.54, 1.807) is 20.0 Å². The van der Waals surface area contributed by atoms with Gasteiger partial charge in [0.15, 0.2) is 0 Å². The lowest BCUT2D eigenvalue weighted by atomic mass is 10.2. The second kappa shape index (κ2) is 6.63. The minimum Gasteiger partial charge on any atom is -0.481 e. The molecule has 0 radical (unpaired) electrons. The smallest absolute Gasteiger partial charge is 0.315 e. The molecule has 1 heterocycles. The number of hydrogen-bond acceptors (Lipinski definition) is 4. The van der Waals surface area contributed by atoms with Crippen molar-refractivity contribution >= 4 is 12.0 Å². The van der Waals surface area contributed by atoms with Crippen molar-refractivity contribution in [2.45, 2.75) is 39.3 Å². The van der Waals surface area contributed by atoms with E-state index in [-0.39, 0.29) is 25.0 Å². The third kappa shape index (κ3) is 5.33. The van der Waals surface area contributed by atoms with Gasteiger partial charge >= 0.3 is 12.0 Å². The van der Waals surface area contributed by atoms with Gasteiger partial charge in [0.2, 0.25) is 5.89 Å². The Balaban J connectivity index is 2.22. The maximum atomic E-state index is 11.4. The summed E-state index contributed by atoms with van der Waals surface area (Å²) in [5, 5.41) is 13.7. The van der Waals surface area contributed by atoms with E-state index < -0.39 is 5.97 Å². The fourth-order valence-electron chi connectivity index (χ4n) is 1.33. The second-order valence-electron chi connectivity index (χ2n) is 4.03. The number of oxazole rings is 1. The molecular weight excluding hydrogens is 238 g/mol. The number of carbonyl (C=O) groups excluding carboxylic acids is 1. The van der Waals surface area contributed by atoms with Gasteiger partial charge in [0, 0.05) is 12.5 Å². The molecule has 1 rings (SSSR count). The molecule has 7 heteroatoms. The number of nitrogens with one attached hydrogen (secondary N) is 2. The Hall–Kier alpha value is -2.05. The van der Waals surface area contributed by atoms with Crippen molar-refractivity contribution in [3.05, 3.63) is 17.8 Å². The summed E-state index contributed by atoms with van der Waals surface area (Å²) in [5.74, 6) is 0.238. The first-order chi connectivity index (χ1) is 8.47. The number of rotatable bonds is 6. The lowest BCUT2D eigenvalue weighted by Crippen LogP contribution is -2.40. The van der Waals surface area contributed by atoms with E-state index in [1.165, 1.54) is 0 Å². The number of carboxylic acid groups (broad SMARTS) is 1. The first-order valence-electron chi connectivity index (χ1n) is 5.65. The largest absolute Gasteiger partial charge is 0.481 e. The molecule has 1 aromatic heterocycles. The number of urea groups is 1.